The average molecular weight is 855 g/mol. The molecule has 1 saturated heterocycles. The number of hydrogen-bond donors (Lipinski definition) is 4. The lowest BCUT2D eigenvalue weighted by atomic mass is 9.99. The molecule has 0 aliphatic carbocycles. The second-order valence-corrected chi connectivity index (χ2v) is 17.6. The quantitative estimate of drug-likeness (QED) is 0.0265. The maximum Gasteiger partial charge on any atom is 0.306 e. The fourth-order valence-corrected chi connectivity index (χ4v) is 7.89. The molecule has 0 saturated carbocycles. The van der Waals surface area contributed by atoms with Crippen molar-refractivity contribution in [2.24, 2.45) is 0 Å². The van der Waals surface area contributed by atoms with Gasteiger partial charge in [0.25, 0.3) is 0 Å². The molecule has 10 heteroatoms. The Hall–Kier alpha value is -1.56. The topological polar surface area (TPSA) is 152 Å². The van der Waals surface area contributed by atoms with Gasteiger partial charge in [-0.1, -0.05) is 199 Å². The van der Waals surface area contributed by atoms with Gasteiger partial charge in [0.2, 0.25) is 0 Å². The van der Waals surface area contributed by atoms with Gasteiger partial charge in [0.1, 0.15) is 31.0 Å². The van der Waals surface area contributed by atoms with Gasteiger partial charge in [0, 0.05) is 12.8 Å². The van der Waals surface area contributed by atoms with Crippen LogP contribution in [-0.2, 0) is 28.5 Å². The lowest BCUT2D eigenvalue weighted by molar-refractivity contribution is -0.305. The van der Waals surface area contributed by atoms with Crippen molar-refractivity contribution in [2.75, 3.05) is 19.8 Å². The Morgan fingerprint density at radius 3 is 1.30 bits per heavy atom. The maximum absolute atomic E-state index is 12.8. The van der Waals surface area contributed by atoms with Crippen LogP contribution in [0, 0.1) is 0 Å². The second-order valence-electron chi connectivity index (χ2n) is 17.6. The number of ether oxygens (including phenoxy) is 4. The molecule has 1 rings (SSSR count). The van der Waals surface area contributed by atoms with E-state index >= 15 is 0 Å². The van der Waals surface area contributed by atoms with E-state index < -0.39 is 49.4 Å². The highest BCUT2D eigenvalue weighted by molar-refractivity contribution is 5.70. The summed E-state index contributed by atoms with van der Waals surface area (Å²) in [5.74, 6) is -0.795. The number of hydrogen-bond acceptors (Lipinski definition) is 10. The van der Waals surface area contributed by atoms with Gasteiger partial charge in [-0.15, -0.1) is 0 Å². The molecule has 0 bridgehead atoms. The Labute approximate surface area is 367 Å². The molecule has 1 aliphatic rings. The second kappa shape index (κ2) is 41.5. The normalized spacial score (nSPS) is 19.9. The summed E-state index contributed by atoms with van der Waals surface area (Å²) in [4.78, 5) is 25.4. The van der Waals surface area contributed by atoms with Crippen molar-refractivity contribution < 1.29 is 49.0 Å². The van der Waals surface area contributed by atoms with E-state index in [1.165, 1.54) is 167 Å². The third kappa shape index (κ3) is 32.2. The molecule has 0 radical (unpaired) electrons. The van der Waals surface area contributed by atoms with E-state index in [2.05, 4.69) is 26.0 Å². The summed E-state index contributed by atoms with van der Waals surface area (Å²) >= 11 is 0. The largest absolute Gasteiger partial charge is 0.462 e. The van der Waals surface area contributed by atoms with Crippen molar-refractivity contribution in [1.82, 2.24) is 0 Å². The third-order valence-corrected chi connectivity index (χ3v) is 11.9. The van der Waals surface area contributed by atoms with Crippen LogP contribution in [0.2, 0.25) is 0 Å². The molecule has 0 aromatic heterocycles. The van der Waals surface area contributed by atoms with Crippen molar-refractivity contribution in [3.63, 3.8) is 0 Å². The SMILES string of the molecule is CCCCCCCCCC/C=C\CCCCCCCCCCCC(=O)OC(COC(=O)CCCCCCCCCCCCCCCC)COC1OC(CO)C(O)C(O)C1O. The lowest BCUT2D eigenvalue weighted by Gasteiger charge is -2.39. The van der Waals surface area contributed by atoms with E-state index in [1.807, 2.05) is 0 Å². The van der Waals surface area contributed by atoms with Crippen LogP contribution in [0.25, 0.3) is 0 Å². The number of carbonyl (C=O) groups is 2. The zero-order chi connectivity index (χ0) is 43.7. The predicted molar refractivity (Wildman–Crippen MR) is 243 cm³/mol. The van der Waals surface area contributed by atoms with Crippen molar-refractivity contribution in [2.45, 2.75) is 275 Å². The van der Waals surface area contributed by atoms with Crippen LogP contribution in [0.3, 0.4) is 0 Å². The van der Waals surface area contributed by atoms with E-state index in [1.54, 1.807) is 0 Å². The Balaban J connectivity index is 2.25. The molecular weight excluding hydrogens is 761 g/mol. The van der Waals surface area contributed by atoms with Crippen molar-refractivity contribution in [3.8, 4) is 0 Å². The summed E-state index contributed by atoms with van der Waals surface area (Å²) in [6.07, 6.45) is 37.9. The van der Waals surface area contributed by atoms with Crippen LogP contribution >= 0.6 is 0 Å². The predicted octanol–water partition coefficient (Wildman–Crippen LogP) is 11.5. The van der Waals surface area contributed by atoms with Crippen molar-refractivity contribution >= 4 is 11.9 Å². The molecule has 60 heavy (non-hydrogen) atoms. The van der Waals surface area contributed by atoms with E-state index in [4.69, 9.17) is 18.9 Å². The summed E-state index contributed by atoms with van der Waals surface area (Å²) in [6, 6.07) is 0. The smallest absolute Gasteiger partial charge is 0.306 e. The van der Waals surface area contributed by atoms with Crippen LogP contribution in [0.4, 0.5) is 0 Å². The number of unbranched alkanes of at least 4 members (excludes halogenated alkanes) is 30. The summed E-state index contributed by atoms with van der Waals surface area (Å²) in [6.45, 7) is 3.46. The van der Waals surface area contributed by atoms with E-state index in [9.17, 15) is 30.0 Å². The molecule has 0 aromatic rings. The summed E-state index contributed by atoms with van der Waals surface area (Å²) < 4.78 is 22.2. The van der Waals surface area contributed by atoms with Crippen LogP contribution in [0.5, 0.6) is 0 Å². The minimum atomic E-state index is -1.59. The van der Waals surface area contributed by atoms with Gasteiger partial charge >= 0.3 is 11.9 Å². The van der Waals surface area contributed by atoms with Gasteiger partial charge in [-0.3, -0.25) is 9.59 Å². The minimum Gasteiger partial charge on any atom is -0.462 e. The highest BCUT2D eigenvalue weighted by atomic mass is 16.7. The third-order valence-electron chi connectivity index (χ3n) is 11.9. The van der Waals surface area contributed by atoms with Crippen LogP contribution in [-0.4, -0.2) is 89.0 Å². The van der Waals surface area contributed by atoms with Gasteiger partial charge in [-0.2, -0.15) is 0 Å². The number of allylic oxidation sites excluding steroid dienone is 2. The van der Waals surface area contributed by atoms with Gasteiger partial charge in [0.15, 0.2) is 12.4 Å². The summed E-state index contributed by atoms with van der Waals surface area (Å²) in [5.41, 5.74) is 0. The number of aliphatic hydroxyl groups is 4. The van der Waals surface area contributed by atoms with Crippen LogP contribution < -0.4 is 0 Å². The van der Waals surface area contributed by atoms with Gasteiger partial charge in [-0.25, -0.2) is 0 Å². The molecular formula is C50H94O10. The molecule has 0 aromatic carbocycles. The standard InChI is InChI=1S/C50H94O10/c1-3-5-7-9-11-13-15-17-19-20-21-22-23-24-25-27-29-31-33-35-37-39-46(53)59-43(42-58-50-49(56)48(55)47(54)44(40-51)60-50)41-57-45(52)38-36-34-32-30-28-26-18-16-14-12-10-8-6-4-2/h20-21,43-44,47-51,54-56H,3-19,22-42H2,1-2H3/b21-20-. The molecule has 6 atom stereocenters. The minimum absolute atomic E-state index is 0.212. The highest BCUT2D eigenvalue weighted by Gasteiger charge is 2.44. The highest BCUT2D eigenvalue weighted by Crippen LogP contribution is 2.23. The number of aliphatic hydroxyl groups excluding tert-OH is 4. The number of rotatable bonds is 43. The van der Waals surface area contributed by atoms with E-state index in [-0.39, 0.29) is 32.0 Å². The van der Waals surface area contributed by atoms with Crippen molar-refractivity contribution in [3.05, 3.63) is 12.2 Å². The Morgan fingerprint density at radius 1 is 0.500 bits per heavy atom. The van der Waals surface area contributed by atoms with Gasteiger partial charge in [-0.05, 0) is 38.5 Å². The van der Waals surface area contributed by atoms with Crippen molar-refractivity contribution in [1.29, 1.82) is 0 Å². The first-order chi connectivity index (χ1) is 29.3. The molecule has 354 valence electrons. The first-order valence-corrected chi connectivity index (χ1v) is 25.3. The van der Waals surface area contributed by atoms with Crippen LogP contribution in [0.1, 0.15) is 239 Å². The lowest BCUT2D eigenvalue weighted by Crippen LogP contribution is -2.59. The monoisotopic (exact) mass is 855 g/mol. The number of carbonyl (C=O) groups excluding carboxylic acids is 2. The van der Waals surface area contributed by atoms with E-state index in [0.717, 1.165) is 38.5 Å². The first-order valence-electron chi connectivity index (χ1n) is 25.3. The molecule has 0 spiro atoms. The zero-order valence-electron chi connectivity index (χ0n) is 38.7. The number of esters is 2. The Morgan fingerprint density at radius 2 is 0.883 bits per heavy atom. The zero-order valence-corrected chi connectivity index (χ0v) is 38.7. The Kier molecular flexibility index (Phi) is 39.0. The summed E-state index contributed by atoms with van der Waals surface area (Å²) in [5, 5.41) is 40.2. The van der Waals surface area contributed by atoms with Crippen LogP contribution in [0.15, 0.2) is 12.2 Å². The fraction of sp³-hybridized carbons (Fsp3) is 0.920. The average Bonchev–Trinajstić information content (AvgIpc) is 3.25. The molecule has 6 unspecified atom stereocenters. The molecule has 0 amide bonds. The molecule has 4 N–H and O–H groups in total. The van der Waals surface area contributed by atoms with Gasteiger partial charge in [0.05, 0.1) is 13.2 Å². The fourth-order valence-electron chi connectivity index (χ4n) is 7.89. The first kappa shape index (κ1) is 56.5. The van der Waals surface area contributed by atoms with E-state index in [0.29, 0.717) is 6.42 Å². The Bertz CT molecular complexity index is 990. The maximum atomic E-state index is 12.8. The molecule has 1 fully saturated rings. The van der Waals surface area contributed by atoms with Gasteiger partial charge < -0.3 is 39.4 Å². The summed E-state index contributed by atoms with van der Waals surface area (Å²) in [7, 11) is 0. The molecule has 1 aliphatic heterocycles. The molecule has 1 heterocycles. The molecule has 10 nitrogen and oxygen atoms in total.